The van der Waals surface area contributed by atoms with Gasteiger partial charge >= 0.3 is 5.97 Å². The van der Waals surface area contributed by atoms with Gasteiger partial charge in [-0.05, 0) is 36.1 Å². The molecule has 1 aromatic heterocycles. The lowest BCUT2D eigenvalue weighted by Gasteiger charge is -2.08. The van der Waals surface area contributed by atoms with E-state index in [0.717, 1.165) is 5.56 Å². The van der Waals surface area contributed by atoms with Crippen LogP contribution < -0.4 is 10.9 Å². The number of carbonyl (C=O) groups excluding carboxylic acids is 3. The van der Waals surface area contributed by atoms with Gasteiger partial charge in [-0.1, -0.05) is 18.2 Å². The van der Waals surface area contributed by atoms with Crippen LogP contribution in [-0.2, 0) is 9.53 Å². The fourth-order valence-corrected chi connectivity index (χ4v) is 2.42. The molecule has 0 fully saturated rings. The summed E-state index contributed by atoms with van der Waals surface area (Å²) in [4.78, 5) is 35.4. The first-order chi connectivity index (χ1) is 10.6. The standard InChI is InChI=1S/C15H14N2O4S/c1-10-7-8-22-13(10)15(20)21-9-12(18)16-17-14(19)11-5-3-2-4-6-11/h2-8H,9H2,1H3,(H,16,18)(H,17,19). The Hall–Kier alpha value is -2.67. The summed E-state index contributed by atoms with van der Waals surface area (Å²) in [6.45, 7) is 1.32. The molecule has 1 heterocycles. The summed E-state index contributed by atoms with van der Waals surface area (Å²) in [6.07, 6.45) is 0. The Morgan fingerprint density at radius 1 is 1.09 bits per heavy atom. The highest BCUT2D eigenvalue weighted by Gasteiger charge is 2.14. The molecule has 114 valence electrons. The number of hydrogen-bond acceptors (Lipinski definition) is 5. The van der Waals surface area contributed by atoms with E-state index in [1.807, 2.05) is 0 Å². The Balaban J connectivity index is 1.76. The molecule has 22 heavy (non-hydrogen) atoms. The largest absolute Gasteiger partial charge is 0.451 e. The first-order valence-electron chi connectivity index (χ1n) is 6.43. The van der Waals surface area contributed by atoms with Crippen molar-refractivity contribution in [3.63, 3.8) is 0 Å². The number of amides is 2. The molecule has 2 aromatic rings. The van der Waals surface area contributed by atoms with Gasteiger partial charge in [-0.2, -0.15) is 0 Å². The van der Waals surface area contributed by atoms with Crippen molar-refractivity contribution < 1.29 is 19.1 Å². The van der Waals surface area contributed by atoms with Crippen LogP contribution in [0.3, 0.4) is 0 Å². The number of thiophene rings is 1. The maximum Gasteiger partial charge on any atom is 0.349 e. The molecule has 0 spiro atoms. The van der Waals surface area contributed by atoms with E-state index >= 15 is 0 Å². The molecule has 1 aromatic carbocycles. The van der Waals surface area contributed by atoms with Crippen molar-refractivity contribution in [2.45, 2.75) is 6.92 Å². The van der Waals surface area contributed by atoms with Crippen LogP contribution in [-0.4, -0.2) is 24.4 Å². The highest BCUT2D eigenvalue weighted by atomic mass is 32.1. The van der Waals surface area contributed by atoms with Crippen LogP contribution in [0.4, 0.5) is 0 Å². The summed E-state index contributed by atoms with van der Waals surface area (Å²) < 4.78 is 4.88. The molecule has 7 heteroatoms. The first-order valence-corrected chi connectivity index (χ1v) is 7.31. The second-order valence-corrected chi connectivity index (χ2v) is 5.29. The number of benzene rings is 1. The van der Waals surface area contributed by atoms with Crippen molar-refractivity contribution in [3.8, 4) is 0 Å². The Morgan fingerprint density at radius 3 is 2.45 bits per heavy atom. The van der Waals surface area contributed by atoms with E-state index in [4.69, 9.17) is 4.74 Å². The van der Waals surface area contributed by atoms with E-state index in [-0.39, 0.29) is 0 Å². The van der Waals surface area contributed by atoms with Crippen molar-refractivity contribution in [1.29, 1.82) is 0 Å². The predicted molar refractivity (Wildman–Crippen MR) is 81.4 cm³/mol. The van der Waals surface area contributed by atoms with Crippen LogP contribution in [0.2, 0.25) is 0 Å². The molecule has 0 aliphatic rings. The topological polar surface area (TPSA) is 84.5 Å². The van der Waals surface area contributed by atoms with E-state index < -0.39 is 24.4 Å². The van der Waals surface area contributed by atoms with Crippen LogP contribution in [0.1, 0.15) is 25.6 Å². The van der Waals surface area contributed by atoms with Gasteiger partial charge in [-0.25, -0.2) is 4.79 Å². The van der Waals surface area contributed by atoms with Gasteiger partial charge in [0.2, 0.25) is 0 Å². The van der Waals surface area contributed by atoms with Crippen molar-refractivity contribution in [3.05, 3.63) is 57.8 Å². The minimum absolute atomic E-state index is 0.411. The molecule has 2 N–H and O–H groups in total. The lowest BCUT2D eigenvalue weighted by molar-refractivity contribution is -0.125. The van der Waals surface area contributed by atoms with Crippen LogP contribution in [0.25, 0.3) is 0 Å². The number of nitrogens with one attached hydrogen (secondary N) is 2. The second-order valence-electron chi connectivity index (χ2n) is 4.38. The van der Waals surface area contributed by atoms with Crippen molar-refractivity contribution in [2.24, 2.45) is 0 Å². The number of esters is 1. The van der Waals surface area contributed by atoms with Gasteiger partial charge < -0.3 is 4.74 Å². The summed E-state index contributed by atoms with van der Waals surface area (Å²) in [5.74, 6) is -1.63. The van der Waals surface area contributed by atoms with Crippen LogP contribution in [0.5, 0.6) is 0 Å². The van der Waals surface area contributed by atoms with Crippen molar-refractivity contribution in [2.75, 3.05) is 6.61 Å². The normalized spacial score (nSPS) is 9.86. The number of carbonyl (C=O) groups is 3. The van der Waals surface area contributed by atoms with E-state index in [1.54, 1.807) is 48.7 Å². The predicted octanol–water partition coefficient (Wildman–Crippen LogP) is 1.67. The highest BCUT2D eigenvalue weighted by molar-refractivity contribution is 7.12. The molecule has 2 rings (SSSR count). The van der Waals surface area contributed by atoms with Crippen molar-refractivity contribution in [1.82, 2.24) is 10.9 Å². The van der Waals surface area contributed by atoms with Crippen LogP contribution in [0, 0.1) is 6.92 Å². The average molecular weight is 318 g/mol. The molecule has 0 unspecified atom stereocenters. The third-order valence-electron chi connectivity index (χ3n) is 2.73. The van der Waals surface area contributed by atoms with Gasteiger partial charge in [0, 0.05) is 5.56 Å². The van der Waals surface area contributed by atoms with E-state index in [9.17, 15) is 14.4 Å². The van der Waals surface area contributed by atoms with Gasteiger partial charge in [0.25, 0.3) is 11.8 Å². The molecular weight excluding hydrogens is 304 g/mol. The zero-order chi connectivity index (χ0) is 15.9. The minimum Gasteiger partial charge on any atom is -0.451 e. The number of aryl methyl sites for hydroxylation is 1. The summed E-state index contributed by atoms with van der Waals surface area (Å²) in [5, 5.41) is 1.77. The Bertz CT molecular complexity index is 682. The molecule has 6 nitrogen and oxygen atoms in total. The Labute approximate surface area is 131 Å². The number of hydrazine groups is 1. The smallest absolute Gasteiger partial charge is 0.349 e. The Morgan fingerprint density at radius 2 is 1.82 bits per heavy atom. The SMILES string of the molecule is Cc1ccsc1C(=O)OCC(=O)NNC(=O)c1ccccc1. The minimum atomic E-state index is -0.619. The van der Waals surface area contributed by atoms with E-state index in [0.29, 0.717) is 10.4 Å². The molecule has 0 radical (unpaired) electrons. The van der Waals surface area contributed by atoms with Gasteiger partial charge in [0.1, 0.15) is 4.88 Å². The molecule has 0 atom stereocenters. The molecule has 0 saturated heterocycles. The zero-order valence-corrected chi connectivity index (χ0v) is 12.6. The van der Waals surface area contributed by atoms with Crippen LogP contribution >= 0.6 is 11.3 Å². The maximum absolute atomic E-state index is 11.7. The average Bonchev–Trinajstić information content (AvgIpc) is 2.97. The number of ether oxygens (including phenoxy) is 1. The van der Waals surface area contributed by atoms with Crippen LogP contribution in [0.15, 0.2) is 41.8 Å². The number of rotatable bonds is 4. The third kappa shape index (κ3) is 4.16. The lowest BCUT2D eigenvalue weighted by Crippen LogP contribution is -2.43. The van der Waals surface area contributed by atoms with Gasteiger partial charge in [-0.3, -0.25) is 20.4 Å². The maximum atomic E-state index is 11.7. The molecule has 0 saturated carbocycles. The fourth-order valence-electron chi connectivity index (χ4n) is 1.60. The second kappa shape index (κ2) is 7.37. The van der Waals surface area contributed by atoms with Gasteiger partial charge in [0.15, 0.2) is 6.61 Å². The summed E-state index contributed by atoms with van der Waals surface area (Å²) in [5.41, 5.74) is 5.64. The zero-order valence-electron chi connectivity index (χ0n) is 11.8. The highest BCUT2D eigenvalue weighted by Crippen LogP contribution is 2.16. The summed E-state index contributed by atoms with van der Waals surface area (Å²) in [7, 11) is 0. The quantitative estimate of drug-likeness (QED) is 0.663. The molecule has 0 aliphatic carbocycles. The van der Waals surface area contributed by atoms with Gasteiger partial charge in [-0.15, -0.1) is 11.3 Å². The lowest BCUT2D eigenvalue weighted by atomic mass is 10.2. The number of hydrogen-bond donors (Lipinski definition) is 2. The molecular formula is C15H14N2O4S. The summed E-state index contributed by atoms with van der Waals surface area (Å²) >= 11 is 1.25. The van der Waals surface area contributed by atoms with E-state index in [2.05, 4.69) is 10.9 Å². The monoisotopic (exact) mass is 318 g/mol. The fraction of sp³-hybridized carbons (Fsp3) is 0.133. The molecule has 2 amide bonds. The van der Waals surface area contributed by atoms with E-state index in [1.165, 1.54) is 11.3 Å². The third-order valence-corrected chi connectivity index (χ3v) is 3.73. The molecule has 0 bridgehead atoms. The van der Waals surface area contributed by atoms with Crippen molar-refractivity contribution >= 4 is 29.1 Å². The molecule has 0 aliphatic heterocycles. The summed E-state index contributed by atoms with van der Waals surface area (Å²) in [6, 6.07) is 10.2. The Kier molecular flexibility index (Phi) is 5.26. The van der Waals surface area contributed by atoms with Gasteiger partial charge in [0.05, 0.1) is 0 Å². The first kappa shape index (κ1) is 15.7.